The summed E-state index contributed by atoms with van der Waals surface area (Å²) in [6, 6.07) is 5.91. The molecule has 16 heavy (non-hydrogen) atoms. The van der Waals surface area contributed by atoms with Crippen molar-refractivity contribution in [3.8, 4) is 0 Å². The molecule has 0 aliphatic rings. The van der Waals surface area contributed by atoms with E-state index < -0.39 is 0 Å². The molecule has 0 aliphatic carbocycles. The molecule has 0 spiro atoms. The summed E-state index contributed by atoms with van der Waals surface area (Å²) in [6.07, 6.45) is 1.89. The summed E-state index contributed by atoms with van der Waals surface area (Å²) >= 11 is 0. The van der Waals surface area contributed by atoms with Gasteiger partial charge in [0.1, 0.15) is 0 Å². The molecule has 0 saturated heterocycles. The van der Waals surface area contributed by atoms with Crippen LogP contribution >= 0.6 is 0 Å². The van der Waals surface area contributed by atoms with Gasteiger partial charge in [0.05, 0.1) is 0 Å². The van der Waals surface area contributed by atoms with Crippen LogP contribution in [0, 0.1) is 13.8 Å². The molecule has 3 nitrogen and oxygen atoms in total. The summed E-state index contributed by atoms with van der Waals surface area (Å²) < 4.78 is 0. The minimum atomic E-state index is 0.0122. The second-order valence-electron chi connectivity index (χ2n) is 4.07. The Labute approximate surface area is 97.0 Å². The van der Waals surface area contributed by atoms with Crippen LogP contribution in [0.3, 0.4) is 0 Å². The molecule has 0 atom stereocenters. The van der Waals surface area contributed by atoms with E-state index in [0.717, 1.165) is 29.5 Å². The van der Waals surface area contributed by atoms with Gasteiger partial charge in [-0.1, -0.05) is 17.7 Å². The highest BCUT2D eigenvalue weighted by molar-refractivity contribution is 5.95. The molecule has 0 bridgehead atoms. The molecule has 3 N–H and O–H groups in total. The molecule has 1 aromatic rings. The number of rotatable bonds is 5. The van der Waals surface area contributed by atoms with Crippen LogP contribution in [-0.4, -0.2) is 19.0 Å². The van der Waals surface area contributed by atoms with E-state index in [1.165, 1.54) is 0 Å². The maximum atomic E-state index is 11.8. The minimum Gasteiger partial charge on any atom is -0.352 e. The van der Waals surface area contributed by atoms with E-state index in [1.54, 1.807) is 0 Å². The lowest BCUT2D eigenvalue weighted by molar-refractivity contribution is 0.0952. The molecule has 0 fully saturated rings. The molecule has 0 saturated carbocycles. The number of nitrogens with one attached hydrogen (secondary N) is 1. The quantitative estimate of drug-likeness (QED) is 0.743. The van der Waals surface area contributed by atoms with Crippen LogP contribution < -0.4 is 11.1 Å². The number of aryl methyl sites for hydroxylation is 2. The molecule has 0 aromatic heterocycles. The number of benzene rings is 1. The third kappa shape index (κ3) is 3.66. The Balaban J connectivity index is 2.55. The highest BCUT2D eigenvalue weighted by atomic mass is 16.1. The Kier molecular flexibility index (Phi) is 4.99. The molecule has 0 aliphatic heterocycles. The molecule has 0 radical (unpaired) electrons. The van der Waals surface area contributed by atoms with E-state index >= 15 is 0 Å². The summed E-state index contributed by atoms with van der Waals surface area (Å²) in [5.74, 6) is 0.0122. The second kappa shape index (κ2) is 6.28. The first-order chi connectivity index (χ1) is 7.65. The van der Waals surface area contributed by atoms with Gasteiger partial charge < -0.3 is 11.1 Å². The van der Waals surface area contributed by atoms with Crippen LogP contribution in [0.5, 0.6) is 0 Å². The zero-order valence-electron chi connectivity index (χ0n) is 10.0. The number of hydrogen-bond donors (Lipinski definition) is 2. The summed E-state index contributed by atoms with van der Waals surface area (Å²) in [7, 11) is 0. The van der Waals surface area contributed by atoms with Gasteiger partial charge in [-0.05, 0) is 44.9 Å². The van der Waals surface area contributed by atoms with Gasteiger partial charge in [-0.25, -0.2) is 0 Å². The molecule has 1 aromatic carbocycles. The largest absolute Gasteiger partial charge is 0.352 e. The van der Waals surface area contributed by atoms with Crippen molar-refractivity contribution < 1.29 is 4.79 Å². The molecule has 0 unspecified atom stereocenters. The first kappa shape index (κ1) is 12.7. The maximum absolute atomic E-state index is 11.8. The van der Waals surface area contributed by atoms with Crippen LogP contribution in [0.25, 0.3) is 0 Å². The van der Waals surface area contributed by atoms with Crippen LogP contribution in [0.4, 0.5) is 0 Å². The topological polar surface area (TPSA) is 55.1 Å². The Hall–Kier alpha value is -1.35. The summed E-state index contributed by atoms with van der Waals surface area (Å²) in [4.78, 5) is 11.8. The third-order valence-corrected chi connectivity index (χ3v) is 2.55. The van der Waals surface area contributed by atoms with Crippen molar-refractivity contribution >= 4 is 5.91 Å². The van der Waals surface area contributed by atoms with Crippen molar-refractivity contribution in [2.45, 2.75) is 26.7 Å². The molecule has 3 heteroatoms. The molecule has 88 valence electrons. The third-order valence-electron chi connectivity index (χ3n) is 2.55. The fourth-order valence-electron chi connectivity index (χ4n) is 1.55. The average Bonchev–Trinajstić information content (AvgIpc) is 2.27. The van der Waals surface area contributed by atoms with E-state index in [-0.39, 0.29) is 5.91 Å². The van der Waals surface area contributed by atoms with Gasteiger partial charge in [0, 0.05) is 12.1 Å². The number of nitrogens with two attached hydrogens (primary N) is 1. The Morgan fingerprint density at radius 3 is 2.75 bits per heavy atom. The lowest BCUT2D eigenvalue weighted by Crippen LogP contribution is -2.25. The molecule has 0 heterocycles. The van der Waals surface area contributed by atoms with Gasteiger partial charge in [0.15, 0.2) is 0 Å². The maximum Gasteiger partial charge on any atom is 0.251 e. The number of amides is 1. The monoisotopic (exact) mass is 220 g/mol. The van der Waals surface area contributed by atoms with E-state index in [2.05, 4.69) is 5.32 Å². The number of hydrogen-bond acceptors (Lipinski definition) is 2. The van der Waals surface area contributed by atoms with Gasteiger partial charge in [-0.2, -0.15) is 0 Å². The van der Waals surface area contributed by atoms with Crippen molar-refractivity contribution in [1.29, 1.82) is 0 Å². The van der Waals surface area contributed by atoms with Crippen LogP contribution in [0.15, 0.2) is 18.2 Å². The van der Waals surface area contributed by atoms with Gasteiger partial charge in [-0.3, -0.25) is 4.79 Å². The van der Waals surface area contributed by atoms with E-state index in [9.17, 15) is 4.79 Å². The van der Waals surface area contributed by atoms with E-state index in [1.807, 2.05) is 32.0 Å². The number of carbonyl (C=O) groups is 1. The normalized spacial score (nSPS) is 10.2. The summed E-state index contributed by atoms with van der Waals surface area (Å²) in [6.45, 7) is 5.32. The Morgan fingerprint density at radius 2 is 2.06 bits per heavy atom. The lowest BCUT2D eigenvalue weighted by atomic mass is 10.1. The standard InChI is InChI=1S/C13H20N2O/c1-10-5-6-11(2)12(9-10)13(16)15-8-4-3-7-14/h5-6,9H,3-4,7-8,14H2,1-2H3,(H,15,16). The molecular weight excluding hydrogens is 200 g/mol. The zero-order chi connectivity index (χ0) is 12.0. The SMILES string of the molecule is Cc1ccc(C)c(C(=O)NCCCCN)c1. The fraction of sp³-hybridized carbons (Fsp3) is 0.462. The molecular formula is C13H20N2O. The van der Waals surface area contributed by atoms with Gasteiger partial charge in [0.2, 0.25) is 0 Å². The average molecular weight is 220 g/mol. The zero-order valence-corrected chi connectivity index (χ0v) is 10.0. The lowest BCUT2D eigenvalue weighted by Gasteiger charge is -2.08. The highest BCUT2D eigenvalue weighted by Crippen LogP contribution is 2.10. The predicted molar refractivity (Wildman–Crippen MR) is 66.5 cm³/mol. The minimum absolute atomic E-state index is 0.0122. The van der Waals surface area contributed by atoms with Gasteiger partial charge in [0.25, 0.3) is 5.91 Å². The van der Waals surface area contributed by atoms with Crippen LogP contribution in [-0.2, 0) is 0 Å². The van der Waals surface area contributed by atoms with Gasteiger partial charge in [-0.15, -0.1) is 0 Å². The first-order valence-corrected chi connectivity index (χ1v) is 5.70. The van der Waals surface area contributed by atoms with Gasteiger partial charge >= 0.3 is 0 Å². The number of unbranched alkanes of at least 4 members (excludes halogenated alkanes) is 1. The second-order valence-corrected chi connectivity index (χ2v) is 4.07. The smallest absolute Gasteiger partial charge is 0.251 e. The predicted octanol–water partition coefficient (Wildman–Crippen LogP) is 1.77. The van der Waals surface area contributed by atoms with Crippen LogP contribution in [0.1, 0.15) is 34.3 Å². The van der Waals surface area contributed by atoms with E-state index in [4.69, 9.17) is 5.73 Å². The summed E-state index contributed by atoms with van der Waals surface area (Å²) in [5.41, 5.74) is 8.28. The van der Waals surface area contributed by atoms with Crippen molar-refractivity contribution in [2.75, 3.05) is 13.1 Å². The highest BCUT2D eigenvalue weighted by Gasteiger charge is 2.07. The van der Waals surface area contributed by atoms with Crippen LogP contribution in [0.2, 0.25) is 0 Å². The molecule has 1 amide bonds. The number of carbonyl (C=O) groups excluding carboxylic acids is 1. The van der Waals surface area contributed by atoms with Crippen molar-refractivity contribution in [3.63, 3.8) is 0 Å². The van der Waals surface area contributed by atoms with Crippen molar-refractivity contribution in [1.82, 2.24) is 5.32 Å². The first-order valence-electron chi connectivity index (χ1n) is 5.70. The van der Waals surface area contributed by atoms with Crippen molar-refractivity contribution in [3.05, 3.63) is 34.9 Å². The Morgan fingerprint density at radius 1 is 1.31 bits per heavy atom. The van der Waals surface area contributed by atoms with Crippen molar-refractivity contribution in [2.24, 2.45) is 5.73 Å². The Bertz CT molecular complexity index is 361. The fourth-order valence-corrected chi connectivity index (χ4v) is 1.55. The summed E-state index contributed by atoms with van der Waals surface area (Å²) in [5, 5.41) is 2.91. The van der Waals surface area contributed by atoms with E-state index in [0.29, 0.717) is 13.1 Å². The molecule has 1 rings (SSSR count).